The maximum atomic E-state index is 12.9. The molecule has 8 nitrogen and oxygen atoms in total. The van der Waals surface area contributed by atoms with Gasteiger partial charge in [0.1, 0.15) is 12.1 Å². The van der Waals surface area contributed by atoms with Crippen molar-refractivity contribution in [2.75, 3.05) is 6.54 Å². The largest absolute Gasteiger partial charge is 0.480 e. The molecule has 2 atom stereocenters. The molecular weight excluding hydrogens is 384 g/mol. The molecule has 1 heterocycles. The summed E-state index contributed by atoms with van der Waals surface area (Å²) in [5.74, 6) is -2.22. The van der Waals surface area contributed by atoms with E-state index in [4.69, 9.17) is 5.73 Å². The van der Waals surface area contributed by atoms with Crippen LogP contribution in [0.5, 0.6) is 0 Å². The lowest BCUT2D eigenvalue weighted by atomic mass is 10.0. The molecule has 0 unspecified atom stereocenters. The van der Waals surface area contributed by atoms with Crippen LogP contribution in [0.3, 0.4) is 0 Å². The standard InChI is InChI=1S/C22H24N4O4/c23-12-20(27)25-18(11-15-13-24-17-9-5-4-8-16(15)17)21(28)26-19(22(29)30)10-14-6-2-1-3-7-14/h1-9,13,18-19,24H,10-12,23H2,(H,25,27)(H,26,28)(H,29,30)/t18-,19-/m0/s1. The van der Waals surface area contributed by atoms with Crippen molar-refractivity contribution in [2.24, 2.45) is 5.73 Å². The van der Waals surface area contributed by atoms with Gasteiger partial charge in [-0.2, -0.15) is 0 Å². The molecule has 0 fully saturated rings. The maximum Gasteiger partial charge on any atom is 0.326 e. The van der Waals surface area contributed by atoms with E-state index in [2.05, 4.69) is 15.6 Å². The molecule has 30 heavy (non-hydrogen) atoms. The number of benzene rings is 2. The molecule has 1 aromatic heterocycles. The lowest BCUT2D eigenvalue weighted by Gasteiger charge is -2.21. The Labute approximate surface area is 173 Å². The van der Waals surface area contributed by atoms with Crippen LogP contribution in [0.15, 0.2) is 60.8 Å². The van der Waals surface area contributed by atoms with Crippen LogP contribution in [0, 0.1) is 0 Å². The summed E-state index contributed by atoms with van der Waals surface area (Å²) < 4.78 is 0. The van der Waals surface area contributed by atoms with E-state index in [9.17, 15) is 19.5 Å². The fourth-order valence-corrected chi connectivity index (χ4v) is 3.31. The molecule has 6 N–H and O–H groups in total. The molecular formula is C22H24N4O4. The molecule has 3 rings (SSSR count). The van der Waals surface area contributed by atoms with E-state index in [0.29, 0.717) is 0 Å². The molecule has 0 aliphatic heterocycles. The minimum Gasteiger partial charge on any atom is -0.480 e. The first-order valence-electron chi connectivity index (χ1n) is 9.59. The van der Waals surface area contributed by atoms with Gasteiger partial charge in [-0.1, -0.05) is 48.5 Å². The lowest BCUT2D eigenvalue weighted by Crippen LogP contribution is -2.53. The van der Waals surface area contributed by atoms with Crippen molar-refractivity contribution in [1.29, 1.82) is 0 Å². The van der Waals surface area contributed by atoms with Crippen LogP contribution in [-0.2, 0) is 27.2 Å². The van der Waals surface area contributed by atoms with Crippen molar-refractivity contribution in [3.05, 3.63) is 71.9 Å². The van der Waals surface area contributed by atoms with E-state index in [0.717, 1.165) is 22.0 Å². The Morgan fingerprint density at radius 2 is 1.63 bits per heavy atom. The number of carboxylic acid groups (broad SMARTS) is 1. The smallest absolute Gasteiger partial charge is 0.326 e. The van der Waals surface area contributed by atoms with Gasteiger partial charge in [0.2, 0.25) is 11.8 Å². The molecule has 156 valence electrons. The minimum atomic E-state index is -1.15. The number of amides is 2. The Balaban J connectivity index is 1.78. The number of hydrogen-bond donors (Lipinski definition) is 5. The van der Waals surface area contributed by atoms with E-state index in [1.54, 1.807) is 30.5 Å². The van der Waals surface area contributed by atoms with Crippen molar-refractivity contribution in [3.63, 3.8) is 0 Å². The molecule has 0 spiro atoms. The first kappa shape index (κ1) is 21.1. The zero-order valence-electron chi connectivity index (χ0n) is 16.3. The minimum absolute atomic E-state index is 0.132. The van der Waals surface area contributed by atoms with Gasteiger partial charge in [-0.25, -0.2) is 4.79 Å². The van der Waals surface area contributed by atoms with Crippen LogP contribution >= 0.6 is 0 Å². The third-order valence-corrected chi connectivity index (χ3v) is 4.83. The molecule has 0 aliphatic carbocycles. The van der Waals surface area contributed by atoms with E-state index in [1.807, 2.05) is 30.3 Å². The molecule has 0 saturated carbocycles. The van der Waals surface area contributed by atoms with Crippen LogP contribution in [-0.4, -0.2) is 46.5 Å². The highest BCUT2D eigenvalue weighted by Gasteiger charge is 2.27. The zero-order chi connectivity index (χ0) is 21.5. The number of carboxylic acids is 1. The number of H-pyrrole nitrogens is 1. The number of para-hydroxylation sites is 1. The lowest BCUT2D eigenvalue weighted by molar-refractivity contribution is -0.142. The SMILES string of the molecule is NCC(=O)N[C@@H](Cc1c[nH]c2ccccc12)C(=O)N[C@@H](Cc1ccccc1)C(=O)O. The first-order valence-corrected chi connectivity index (χ1v) is 9.59. The third-order valence-electron chi connectivity index (χ3n) is 4.83. The Kier molecular flexibility index (Phi) is 6.82. The van der Waals surface area contributed by atoms with Crippen molar-refractivity contribution in [2.45, 2.75) is 24.9 Å². The van der Waals surface area contributed by atoms with Gasteiger partial charge >= 0.3 is 5.97 Å². The topological polar surface area (TPSA) is 137 Å². The molecule has 0 radical (unpaired) electrons. The first-order chi connectivity index (χ1) is 14.5. The number of carbonyl (C=O) groups excluding carboxylic acids is 2. The maximum absolute atomic E-state index is 12.9. The second kappa shape index (κ2) is 9.71. The third kappa shape index (κ3) is 5.24. The van der Waals surface area contributed by atoms with Gasteiger partial charge in [0.25, 0.3) is 0 Å². The average molecular weight is 408 g/mol. The zero-order valence-corrected chi connectivity index (χ0v) is 16.3. The molecule has 0 bridgehead atoms. The molecule has 2 aromatic carbocycles. The second-order valence-electron chi connectivity index (χ2n) is 6.98. The van der Waals surface area contributed by atoms with Crippen LogP contribution in [0.2, 0.25) is 0 Å². The normalized spacial score (nSPS) is 12.8. The number of rotatable bonds is 9. The fourth-order valence-electron chi connectivity index (χ4n) is 3.31. The highest BCUT2D eigenvalue weighted by molar-refractivity contribution is 5.92. The molecule has 3 aromatic rings. The number of nitrogens with one attached hydrogen (secondary N) is 3. The summed E-state index contributed by atoms with van der Waals surface area (Å²) in [6.07, 6.45) is 2.10. The second-order valence-corrected chi connectivity index (χ2v) is 6.98. The summed E-state index contributed by atoms with van der Waals surface area (Å²) in [4.78, 5) is 39.6. The monoisotopic (exact) mass is 408 g/mol. The van der Waals surface area contributed by atoms with Crippen molar-refractivity contribution < 1.29 is 19.5 Å². The number of nitrogens with two attached hydrogens (primary N) is 1. The average Bonchev–Trinajstić information content (AvgIpc) is 3.16. The van der Waals surface area contributed by atoms with E-state index < -0.39 is 29.9 Å². The van der Waals surface area contributed by atoms with Gasteiger partial charge < -0.3 is 26.5 Å². The fraction of sp³-hybridized carbons (Fsp3) is 0.227. The summed E-state index contributed by atoms with van der Waals surface area (Å²) in [5.41, 5.74) is 7.91. The van der Waals surface area contributed by atoms with Crippen molar-refractivity contribution >= 4 is 28.7 Å². The summed E-state index contributed by atoms with van der Waals surface area (Å²) in [6, 6.07) is 14.5. The van der Waals surface area contributed by atoms with Gasteiger partial charge in [0.05, 0.1) is 6.54 Å². The van der Waals surface area contributed by atoms with Gasteiger partial charge in [-0.15, -0.1) is 0 Å². The number of fused-ring (bicyclic) bond motifs is 1. The number of hydrogen-bond acceptors (Lipinski definition) is 4. The quantitative estimate of drug-likeness (QED) is 0.359. The Morgan fingerprint density at radius 1 is 0.933 bits per heavy atom. The molecule has 2 amide bonds. The summed E-state index contributed by atoms with van der Waals surface area (Å²) >= 11 is 0. The predicted molar refractivity (Wildman–Crippen MR) is 113 cm³/mol. The van der Waals surface area contributed by atoms with Gasteiger partial charge in [0, 0.05) is 29.9 Å². The van der Waals surface area contributed by atoms with Crippen LogP contribution in [0.1, 0.15) is 11.1 Å². The number of aromatic amines is 1. The van der Waals surface area contributed by atoms with Crippen LogP contribution in [0.25, 0.3) is 10.9 Å². The van der Waals surface area contributed by atoms with Crippen molar-refractivity contribution in [3.8, 4) is 0 Å². The number of aromatic nitrogens is 1. The van der Waals surface area contributed by atoms with E-state index in [-0.39, 0.29) is 19.4 Å². The van der Waals surface area contributed by atoms with Crippen LogP contribution < -0.4 is 16.4 Å². The summed E-state index contributed by atoms with van der Waals surface area (Å²) in [7, 11) is 0. The van der Waals surface area contributed by atoms with Gasteiger partial charge in [-0.05, 0) is 17.2 Å². The number of carbonyl (C=O) groups is 3. The summed E-state index contributed by atoms with van der Waals surface area (Å²) in [6.45, 7) is -0.274. The molecule has 0 saturated heterocycles. The van der Waals surface area contributed by atoms with Crippen LogP contribution in [0.4, 0.5) is 0 Å². The van der Waals surface area contributed by atoms with Gasteiger partial charge in [0.15, 0.2) is 0 Å². The highest BCUT2D eigenvalue weighted by atomic mass is 16.4. The Bertz CT molecular complexity index is 1030. The van der Waals surface area contributed by atoms with Crippen molar-refractivity contribution in [1.82, 2.24) is 15.6 Å². The summed E-state index contributed by atoms with van der Waals surface area (Å²) in [5, 5.41) is 15.6. The van der Waals surface area contributed by atoms with E-state index >= 15 is 0 Å². The molecule has 0 aliphatic rings. The highest BCUT2D eigenvalue weighted by Crippen LogP contribution is 2.19. The number of aliphatic carboxylic acids is 1. The van der Waals surface area contributed by atoms with E-state index in [1.165, 1.54) is 0 Å². The Morgan fingerprint density at radius 3 is 2.33 bits per heavy atom. The predicted octanol–water partition coefficient (Wildman–Crippen LogP) is 0.966. The Hall–Kier alpha value is -3.65. The van der Waals surface area contributed by atoms with Gasteiger partial charge in [-0.3, -0.25) is 9.59 Å². The molecule has 8 heteroatoms.